The van der Waals surface area contributed by atoms with Crippen LogP contribution in [0.3, 0.4) is 0 Å². The highest BCUT2D eigenvalue weighted by atomic mass is 16.5. The number of hydrogen-bond donors (Lipinski definition) is 1. The lowest BCUT2D eigenvalue weighted by Gasteiger charge is -2.35. The maximum absolute atomic E-state index is 5.90. The molecule has 0 aliphatic carbocycles. The number of rotatable bonds is 5. The lowest BCUT2D eigenvalue weighted by molar-refractivity contribution is -0.0705. The number of morpholine rings is 1. The number of aryl methyl sites for hydroxylation is 1. The van der Waals surface area contributed by atoms with Crippen LogP contribution in [0.5, 0.6) is 0 Å². The minimum absolute atomic E-state index is 0.288. The monoisotopic (exact) mass is 424 g/mol. The van der Waals surface area contributed by atoms with E-state index in [9.17, 15) is 0 Å². The molecule has 3 atom stereocenters. The molecule has 1 aromatic carbocycles. The summed E-state index contributed by atoms with van der Waals surface area (Å²) >= 11 is 0. The molecule has 2 aliphatic heterocycles. The fourth-order valence-corrected chi connectivity index (χ4v) is 4.92. The summed E-state index contributed by atoms with van der Waals surface area (Å²) in [6.07, 6.45) is 5.84. The second-order valence-electron chi connectivity index (χ2n) is 9.00. The predicted octanol–water partition coefficient (Wildman–Crippen LogP) is 2.59. The standard InChI is InChI=1S/C24H36N6O/c1-18-13-29(14-19(2)31-18)16-21-8-6-5-7-20(21)11-26-24(25-3)30-10-9-22(17-30)23-12-27-28(4)15-23/h5-8,12,15,18-19,22H,9-11,13-14,16-17H2,1-4H3,(H,25,26). The molecule has 0 saturated carbocycles. The summed E-state index contributed by atoms with van der Waals surface area (Å²) in [4.78, 5) is 9.44. The number of benzene rings is 1. The molecule has 2 aromatic rings. The number of likely N-dealkylation sites (tertiary alicyclic amines) is 1. The van der Waals surface area contributed by atoms with Gasteiger partial charge < -0.3 is 15.0 Å². The number of hydrogen-bond acceptors (Lipinski definition) is 4. The molecule has 2 fully saturated rings. The molecule has 7 heteroatoms. The third-order valence-electron chi connectivity index (χ3n) is 6.34. The summed E-state index contributed by atoms with van der Waals surface area (Å²) in [5.74, 6) is 1.50. The normalized spacial score (nSPS) is 25.2. The van der Waals surface area contributed by atoms with Crippen molar-refractivity contribution in [3.8, 4) is 0 Å². The molecular formula is C24H36N6O. The molecule has 1 N–H and O–H groups in total. The van der Waals surface area contributed by atoms with E-state index < -0.39 is 0 Å². The van der Waals surface area contributed by atoms with Crippen molar-refractivity contribution < 1.29 is 4.74 Å². The number of nitrogens with one attached hydrogen (secondary N) is 1. The molecule has 0 bridgehead atoms. The van der Waals surface area contributed by atoms with Crippen LogP contribution in [0.25, 0.3) is 0 Å². The average Bonchev–Trinajstić information content (AvgIpc) is 3.38. The Morgan fingerprint density at radius 3 is 2.58 bits per heavy atom. The Bertz CT molecular complexity index is 884. The second kappa shape index (κ2) is 9.83. The molecule has 0 spiro atoms. The van der Waals surface area contributed by atoms with Crippen molar-refractivity contribution in [2.75, 3.05) is 33.2 Å². The van der Waals surface area contributed by atoms with Gasteiger partial charge in [-0.2, -0.15) is 5.10 Å². The zero-order chi connectivity index (χ0) is 21.8. The molecule has 7 nitrogen and oxygen atoms in total. The summed E-state index contributed by atoms with van der Waals surface area (Å²) in [6.45, 7) is 10.0. The van der Waals surface area contributed by atoms with Crippen molar-refractivity contribution in [3.05, 3.63) is 53.3 Å². The number of guanidine groups is 1. The first-order valence-corrected chi connectivity index (χ1v) is 11.4. The Morgan fingerprint density at radius 1 is 1.16 bits per heavy atom. The fourth-order valence-electron chi connectivity index (χ4n) is 4.92. The highest BCUT2D eigenvalue weighted by molar-refractivity contribution is 5.80. The Balaban J connectivity index is 1.36. The van der Waals surface area contributed by atoms with Crippen molar-refractivity contribution in [1.29, 1.82) is 0 Å². The first kappa shape index (κ1) is 21.8. The van der Waals surface area contributed by atoms with Crippen LogP contribution >= 0.6 is 0 Å². The zero-order valence-corrected chi connectivity index (χ0v) is 19.3. The average molecular weight is 425 g/mol. The number of nitrogens with zero attached hydrogens (tertiary/aromatic N) is 5. The number of ether oxygens (including phenoxy) is 1. The first-order chi connectivity index (χ1) is 15.0. The molecule has 0 radical (unpaired) electrons. The summed E-state index contributed by atoms with van der Waals surface area (Å²) < 4.78 is 7.78. The third-order valence-corrected chi connectivity index (χ3v) is 6.34. The molecule has 3 heterocycles. The molecule has 0 amide bonds. The molecule has 1 aromatic heterocycles. The quantitative estimate of drug-likeness (QED) is 0.591. The van der Waals surface area contributed by atoms with Crippen LogP contribution in [-0.2, 0) is 24.9 Å². The summed E-state index contributed by atoms with van der Waals surface area (Å²) in [5, 5.41) is 7.95. The Morgan fingerprint density at radius 2 is 1.90 bits per heavy atom. The van der Waals surface area contributed by atoms with E-state index in [1.54, 1.807) is 0 Å². The SMILES string of the molecule is CN=C(NCc1ccccc1CN1CC(C)OC(C)C1)N1CCC(c2cnn(C)c2)C1. The molecule has 3 unspecified atom stereocenters. The minimum atomic E-state index is 0.288. The van der Waals surface area contributed by atoms with Gasteiger partial charge in [0, 0.05) is 65.5 Å². The summed E-state index contributed by atoms with van der Waals surface area (Å²) in [5.41, 5.74) is 4.03. The van der Waals surface area contributed by atoms with Crippen LogP contribution in [0, 0.1) is 0 Å². The van der Waals surface area contributed by atoms with E-state index in [-0.39, 0.29) is 12.2 Å². The fraction of sp³-hybridized carbons (Fsp3) is 0.583. The van der Waals surface area contributed by atoms with Crippen molar-refractivity contribution in [2.24, 2.45) is 12.0 Å². The maximum Gasteiger partial charge on any atom is 0.193 e. The Hall–Kier alpha value is -2.38. The van der Waals surface area contributed by atoms with E-state index >= 15 is 0 Å². The number of aliphatic imine (C=N–C) groups is 1. The smallest absolute Gasteiger partial charge is 0.193 e. The van der Waals surface area contributed by atoms with Crippen LogP contribution in [0.15, 0.2) is 41.7 Å². The van der Waals surface area contributed by atoms with Gasteiger partial charge in [0.2, 0.25) is 0 Å². The van der Waals surface area contributed by atoms with Gasteiger partial charge in [0.15, 0.2) is 5.96 Å². The zero-order valence-electron chi connectivity index (χ0n) is 19.3. The first-order valence-electron chi connectivity index (χ1n) is 11.4. The van der Waals surface area contributed by atoms with Gasteiger partial charge in [-0.15, -0.1) is 0 Å². The van der Waals surface area contributed by atoms with Crippen molar-refractivity contribution in [1.82, 2.24) is 24.9 Å². The molecular weight excluding hydrogens is 388 g/mol. The van der Waals surface area contributed by atoms with E-state index in [1.807, 2.05) is 25.0 Å². The van der Waals surface area contributed by atoms with Gasteiger partial charge >= 0.3 is 0 Å². The van der Waals surface area contributed by atoms with E-state index in [2.05, 4.69) is 69.5 Å². The van der Waals surface area contributed by atoms with Crippen LogP contribution in [0.4, 0.5) is 0 Å². The van der Waals surface area contributed by atoms with E-state index in [0.717, 1.165) is 51.6 Å². The van der Waals surface area contributed by atoms with Gasteiger partial charge in [-0.25, -0.2) is 0 Å². The van der Waals surface area contributed by atoms with Crippen LogP contribution in [-0.4, -0.2) is 71.0 Å². The third kappa shape index (κ3) is 5.46. The van der Waals surface area contributed by atoms with Crippen LogP contribution < -0.4 is 5.32 Å². The second-order valence-corrected chi connectivity index (χ2v) is 9.00. The van der Waals surface area contributed by atoms with Gasteiger partial charge in [-0.3, -0.25) is 14.6 Å². The largest absolute Gasteiger partial charge is 0.373 e. The van der Waals surface area contributed by atoms with Crippen molar-refractivity contribution in [3.63, 3.8) is 0 Å². The Kier molecular flexibility index (Phi) is 6.92. The molecule has 2 aliphatic rings. The van der Waals surface area contributed by atoms with Crippen molar-refractivity contribution in [2.45, 2.75) is 51.5 Å². The molecule has 168 valence electrons. The lowest BCUT2D eigenvalue weighted by atomic mass is 10.0. The van der Waals surface area contributed by atoms with Crippen LogP contribution in [0.1, 0.15) is 42.9 Å². The van der Waals surface area contributed by atoms with Gasteiger partial charge in [0.05, 0.1) is 18.4 Å². The predicted molar refractivity (Wildman–Crippen MR) is 124 cm³/mol. The van der Waals surface area contributed by atoms with Crippen molar-refractivity contribution >= 4 is 5.96 Å². The summed E-state index contributed by atoms with van der Waals surface area (Å²) in [7, 11) is 3.86. The maximum atomic E-state index is 5.90. The van der Waals surface area contributed by atoms with Gasteiger partial charge in [-0.1, -0.05) is 24.3 Å². The van der Waals surface area contributed by atoms with Gasteiger partial charge in [-0.05, 0) is 37.0 Å². The molecule has 31 heavy (non-hydrogen) atoms. The van der Waals surface area contributed by atoms with Gasteiger partial charge in [0.1, 0.15) is 0 Å². The van der Waals surface area contributed by atoms with E-state index in [1.165, 1.54) is 16.7 Å². The highest BCUT2D eigenvalue weighted by Gasteiger charge is 2.27. The van der Waals surface area contributed by atoms with Crippen LogP contribution in [0.2, 0.25) is 0 Å². The summed E-state index contributed by atoms with van der Waals surface area (Å²) in [6, 6.07) is 8.74. The minimum Gasteiger partial charge on any atom is -0.373 e. The molecule has 4 rings (SSSR count). The number of aromatic nitrogens is 2. The van der Waals surface area contributed by atoms with Gasteiger partial charge in [0.25, 0.3) is 0 Å². The topological polar surface area (TPSA) is 57.9 Å². The highest BCUT2D eigenvalue weighted by Crippen LogP contribution is 2.26. The van der Waals surface area contributed by atoms with E-state index in [0.29, 0.717) is 5.92 Å². The Labute approximate surface area is 186 Å². The molecule has 2 saturated heterocycles. The van der Waals surface area contributed by atoms with E-state index in [4.69, 9.17) is 4.74 Å². The lowest BCUT2D eigenvalue weighted by Crippen LogP contribution is -2.45.